The van der Waals surface area contributed by atoms with Crippen LogP contribution in [0.15, 0.2) is 22.7 Å². The largest absolute Gasteiger partial charge is 0.327 e. The maximum absolute atomic E-state index is 6.28. The molecule has 1 unspecified atom stereocenters. The minimum Gasteiger partial charge on any atom is -0.327 e. The summed E-state index contributed by atoms with van der Waals surface area (Å²) in [6.45, 7) is 7.42. The summed E-state index contributed by atoms with van der Waals surface area (Å²) in [5, 5.41) is 0. The number of benzene rings is 1. The van der Waals surface area contributed by atoms with Crippen molar-refractivity contribution in [2.75, 3.05) is 0 Å². The summed E-state index contributed by atoms with van der Waals surface area (Å²) in [7, 11) is 0. The first-order valence-corrected chi connectivity index (χ1v) is 7.23. The molecule has 0 amide bonds. The highest BCUT2D eigenvalue weighted by molar-refractivity contribution is 9.10. The topological polar surface area (TPSA) is 43.8 Å². The van der Waals surface area contributed by atoms with Crippen LogP contribution >= 0.6 is 15.9 Å². The van der Waals surface area contributed by atoms with Crippen LogP contribution in [0.25, 0.3) is 11.0 Å². The Morgan fingerprint density at radius 1 is 1.39 bits per heavy atom. The number of halogens is 1. The number of fused-ring (bicyclic) bond motifs is 1. The van der Waals surface area contributed by atoms with Gasteiger partial charge in [0.1, 0.15) is 5.82 Å². The first-order chi connectivity index (χ1) is 8.52. The van der Waals surface area contributed by atoms with Crippen LogP contribution in [0.4, 0.5) is 0 Å². The first-order valence-electron chi connectivity index (χ1n) is 6.44. The zero-order valence-electron chi connectivity index (χ0n) is 11.2. The molecule has 0 saturated carbocycles. The van der Waals surface area contributed by atoms with E-state index in [-0.39, 0.29) is 6.04 Å². The van der Waals surface area contributed by atoms with Crippen LogP contribution in [-0.2, 0) is 6.54 Å². The van der Waals surface area contributed by atoms with Crippen molar-refractivity contribution in [1.82, 2.24) is 9.55 Å². The molecule has 3 nitrogen and oxygen atoms in total. The lowest BCUT2D eigenvalue weighted by Gasteiger charge is -2.15. The second kappa shape index (κ2) is 5.41. The van der Waals surface area contributed by atoms with Gasteiger partial charge in [-0.1, -0.05) is 29.8 Å². The Labute approximate surface area is 117 Å². The van der Waals surface area contributed by atoms with Gasteiger partial charge in [0.25, 0.3) is 0 Å². The lowest BCUT2D eigenvalue weighted by molar-refractivity contribution is 0.479. The zero-order chi connectivity index (χ0) is 13.3. The molecule has 0 spiro atoms. The molecule has 98 valence electrons. The van der Waals surface area contributed by atoms with Crippen molar-refractivity contribution >= 4 is 27.0 Å². The number of nitrogens with two attached hydrogens (primary N) is 1. The van der Waals surface area contributed by atoms with E-state index >= 15 is 0 Å². The van der Waals surface area contributed by atoms with Gasteiger partial charge in [-0.3, -0.25) is 0 Å². The minimum atomic E-state index is 0.0103. The molecular weight excluding hydrogens is 290 g/mol. The Morgan fingerprint density at radius 2 is 2.11 bits per heavy atom. The number of hydrogen-bond donors (Lipinski definition) is 1. The predicted molar refractivity (Wildman–Crippen MR) is 79.5 cm³/mol. The highest BCUT2D eigenvalue weighted by Crippen LogP contribution is 2.25. The molecular formula is C14H20BrN3. The Bertz CT molecular complexity index is 545. The second-order valence-corrected chi connectivity index (χ2v) is 6.00. The summed E-state index contributed by atoms with van der Waals surface area (Å²) in [6.07, 6.45) is 0.963. The van der Waals surface area contributed by atoms with E-state index in [1.165, 1.54) is 0 Å². The number of rotatable bonds is 4. The van der Waals surface area contributed by atoms with Crippen LogP contribution in [0.1, 0.15) is 39.1 Å². The molecule has 0 fully saturated rings. The summed E-state index contributed by atoms with van der Waals surface area (Å²) >= 11 is 3.48. The third kappa shape index (κ3) is 2.59. The fourth-order valence-corrected chi connectivity index (χ4v) is 2.70. The molecule has 4 heteroatoms. The van der Waals surface area contributed by atoms with Crippen LogP contribution in [-0.4, -0.2) is 9.55 Å². The fourth-order valence-electron chi connectivity index (χ4n) is 2.35. The number of aryl methyl sites for hydroxylation is 1. The Balaban J connectivity index is 2.49. The van der Waals surface area contributed by atoms with Crippen molar-refractivity contribution in [3.05, 3.63) is 28.5 Å². The highest BCUT2D eigenvalue weighted by Gasteiger charge is 2.17. The average molecular weight is 310 g/mol. The standard InChI is InChI=1S/C14H20BrN3/c1-4-18-13-6-5-10(15)8-12(13)17-14(18)11(16)7-9(2)3/h5-6,8-9,11H,4,7,16H2,1-3H3. The molecule has 1 atom stereocenters. The van der Waals surface area contributed by atoms with Gasteiger partial charge in [0, 0.05) is 11.0 Å². The van der Waals surface area contributed by atoms with E-state index in [1.54, 1.807) is 0 Å². The maximum atomic E-state index is 6.28. The molecule has 0 bridgehead atoms. The minimum absolute atomic E-state index is 0.0103. The molecule has 2 N–H and O–H groups in total. The lowest BCUT2D eigenvalue weighted by atomic mass is 10.0. The van der Waals surface area contributed by atoms with E-state index in [0.29, 0.717) is 5.92 Å². The normalized spacial score (nSPS) is 13.4. The van der Waals surface area contributed by atoms with Crippen molar-refractivity contribution in [2.45, 2.75) is 39.8 Å². The van der Waals surface area contributed by atoms with Crippen LogP contribution in [0.5, 0.6) is 0 Å². The molecule has 0 aliphatic rings. The van der Waals surface area contributed by atoms with Crippen LogP contribution in [0.2, 0.25) is 0 Å². The molecule has 0 aliphatic heterocycles. The number of hydrogen-bond acceptors (Lipinski definition) is 2. The summed E-state index contributed by atoms with van der Waals surface area (Å²) in [4.78, 5) is 4.71. The second-order valence-electron chi connectivity index (χ2n) is 5.08. The molecule has 2 rings (SSSR count). The summed E-state index contributed by atoms with van der Waals surface area (Å²) < 4.78 is 3.27. The molecule has 0 aliphatic carbocycles. The van der Waals surface area contributed by atoms with Gasteiger partial charge in [-0.05, 0) is 37.5 Å². The molecule has 18 heavy (non-hydrogen) atoms. The monoisotopic (exact) mass is 309 g/mol. The van der Waals surface area contributed by atoms with Crippen LogP contribution < -0.4 is 5.73 Å². The van der Waals surface area contributed by atoms with Gasteiger partial charge >= 0.3 is 0 Å². The highest BCUT2D eigenvalue weighted by atomic mass is 79.9. The van der Waals surface area contributed by atoms with Gasteiger partial charge in [0.15, 0.2) is 0 Å². The van der Waals surface area contributed by atoms with Gasteiger partial charge in [0.2, 0.25) is 0 Å². The maximum Gasteiger partial charge on any atom is 0.126 e. The van der Waals surface area contributed by atoms with E-state index in [2.05, 4.69) is 47.3 Å². The lowest BCUT2D eigenvalue weighted by Crippen LogP contribution is -2.18. The van der Waals surface area contributed by atoms with E-state index in [9.17, 15) is 0 Å². The quantitative estimate of drug-likeness (QED) is 0.932. The van der Waals surface area contributed by atoms with Gasteiger partial charge in [-0.15, -0.1) is 0 Å². The molecule has 2 aromatic rings. The molecule has 0 saturated heterocycles. The van der Waals surface area contributed by atoms with Crippen molar-refractivity contribution < 1.29 is 0 Å². The Kier molecular flexibility index (Phi) is 4.07. The number of nitrogens with zero attached hydrogens (tertiary/aromatic N) is 2. The van der Waals surface area contributed by atoms with Gasteiger partial charge in [0.05, 0.1) is 17.1 Å². The summed E-state index contributed by atoms with van der Waals surface area (Å²) in [6, 6.07) is 6.21. The van der Waals surface area contributed by atoms with E-state index in [0.717, 1.165) is 34.3 Å². The van der Waals surface area contributed by atoms with Crippen molar-refractivity contribution in [1.29, 1.82) is 0 Å². The summed E-state index contributed by atoms with van der Waals surface area (Å²) in [5.41, 5.74) is 8.46. The molecule has 1 heterocycles. The zero-order valence-corrected chi connectivity index (χ0v) is 12.7. The molecule has 0 radical (unpaired) electrons. The number of imidazole rings is 1. The Hall–Kier alpha value is -0.870. The van der Waals surface area contributed by atoms with Crippen molar-refractivity contribution in [2.24, 2.45) is 11.7 Å². The SMILES string of the molecule is CCn1c(C(N)CC(C)C)nc2cc(Br)ccc21. The Morgan fingerprint density at radius 3 is 2.72 bits per heavy atom. The predicted octanol–water partition coefficient (Wildman–Crippen LogP) is 3.86. The third-order valence-corrected chi connectivity index (χ3v) is 3.61. The van der Waals surface area contributed by atoms with Gasteiger partial charge in [-0.2, -0.15) is 0 Å². The first kappa shape index (κ1) is 13.6. The molecule has 1 aromatic carbocycles. The average Bonchev–Trinajstić information content (AvgIpc) is 2.65. The van der Waals surface area contributed by atoms with E-state index in [4.69, 9.17) is 10.7 Å². The smallest absolute Gasteiger partial charge is 0.126 e. The molecule has 1 aromatic heterocycles. The third-order valence-electron chi connectivity index (χ3n) is 3.11. The van der Waals surface area contributed by atoms with Crippen LogP contribution in [0, 0.1) is 5.92 Å². The van der Waals surface area contributed by atoms with Crippen molar-refractivity contribution in [3.8, 4) is 0 Å². The van der Waals surface area contributed by atoms with Gasteiger partial charge in [-0.25, -0.2) is 4.98 Å². The fraction of sp³-hybridized carbons (Fsp3) is 0.500. The number of aromatic nitrogens is 2. The summed E-state index contributed by atoms with van der Waals surface area (Å²) in [5.74, 6) is 1.58. The van der Waals surface area contributed by atoms with Crippen LogP contribution in [0.3, 0.4) is 0 Å². The van der Waals surface area contributed by atoms with Crippen molar-refractivity contribution in [3.63, 3.8) is 0 Å². The van der Waals surface area contributed by atoms with E-state index in [1.807, 2.05) is 12.1 Å². The van der Waals surface area contributed by atoms with Gasteiger partial charge < -0.3 is 10.3 Å². The van der Waals surface area contributed by atoms with E-state index < -0.39 is 0 Å².